The van der Waals surface area contributed by atoms with Gasteiger partial charge in [-0.25, -0.2) is 0 Å². The molecule has 0 heterocycles. The number of benzene rings is 1. The summed E-state index contributed by atoms with van der Waals surface area (Å²) in [6.07, 6.45) is 0.951. The van der Waals surface area contributed by atoms with Gasteiger partial charge in [-0.2, -0.15) is 0 Å². The Morgan fingerprint density at radius 2 is 2.05 bits per heavy atom. The van der Waals surface area contributed by atoms with E-state index in [0.717, 1.165) is 11.3 Å². The number of carbonyl (C=O) groups is 2. The van der Waals surface area contributed by atoms with Gasteiger partial charge in [0, 0.05) is 20.0 Å². The van der Waals surface area contributed by atoms with Crippen LogP contribution in [0.15, 0.2) is 24.3 Å². The van der Waals surface area contributed by atoms with Gasteiger partial charge in [0.1, 0.15) is 11.8 Å². The highest BCUT2D eigenvalue weighted by atomic mass is 16.5. The van der Waals surface area contributed by atoms with Crippen molar-refractivity contribution in [1.29, 1.82) is 0 Å². The van der Waals surface area contributed by atoms with Gasteiger partial charge in [-0.3, -0.25) is 9.59 Å². The number of nitrogens with zero attached hydrogens (tertiary/aromatic N) is 1. The van der Waals surface area contributed by atoms with Crippen LogP contribution in [0.25, 0.3) is 0 Å². The summed E-state index contributed by atoms with van der Waals surface area (Å²) in [5.41, 5.74) is 0.943. The third kappa shape index (κ3) is 4.48. The van der Waals surface area contributed by atoms with Gasteiger partial charge in [-0.05, 0) is 24.1 Å². The van der Waals surface area contributed by atoms with Crippen molar-refractivity contribution in [3.05, 3.63) is 29.8 Å². The van der Waals surface area contributed by atoms with E-state index in [2.05, 4.69) is 5.32 Å². The largest absolute Gasteiger partial charge is 0.497 e. The summed E-state index contributed by atoms with van der Waals surface area (Å²) in [7, 11) is 3.19. The number of likely N-dealkylation sites (N-methyl/N-ethyl adjacent to an activating group) is 1. The molecule has 0 aliphatic carbocycles. The van der Waals surface area contributed by atoms with E-state index >= 15 is 0 Å². The maximum absolute atomic E-state index is 12.2. The minimum absolute atomic E-state index is 0.0340. The molecule has 116 valence electrons. The van der Waals surface area contributed by atoms with Crippen LogP contribution in [-0.2, 0) is 16.1 Å². The molecule has 0 saturated carbocycles. The highest BCUT2D eigenvalue weighted by Crippen LogP contribution is 2.17. The molecule has 0 bridgehead atoms. The minimum atomic E-state index is -0.450. The summed E-state index contributed by atoms with van der Waals surface area (Å²) in [5.74, 6) is 0.569. The Kier molecular flexibility index (Phi) is 6.72. The number of methoxy groups -OCH3 is 1. The zero-order valence-corrected chi connectivity index (χ0v) is 13.2. The van der Waals surface area contributed by atoms with Crippen molar-refractivity contribution in [2.45, 2.75) is 39.3 Å². The Bertz CT molecular complexity index is 488. The molecule has 2 amide bonds. The first-order valence-corrected chi connectivity index (χ1v) is 7.21. The Labute approximate surface area is 126 Å². The first kappa shape index (κ1) is 17.0. The number of rotatable bonds is 7. The monoisotopic (exact) mass is 292 g/mol. The minimum Gasteiger partial charge on any atom is -0.497 e. The van der Waals surface area contributed by atoms with Crippen LogP contribution in [0.2, 0.25) is 0 Å². The fourth-order valence-electron chi connectivity index (χ4n) is 2.26. The summed E-state index contributed by atoms with van der Waals surface area (Å²) in [6.45, 7) is 4.11. The molecule has 0 unspecified atom stereocenters. The molecule has 21 heavy (non-hydrogen) atoms. The quantitative estimate of drug-likeness (QED) is 0.835. The Hall–Kier alpha value is -2.04. The predicted molar refractivity (Wildman–Crippen MR) is 82.0 cm³/mol. The molecule has 1 aromatic rings. The molecule has 1 N–H and O–H groups in total. The van der Waals surface area contributed by atoms with Crippen LogP contribution in [0.3, 0.4) is 0 Å². The van der Waals surface area contributed by atoms with Gasteiger partial charge in [0.05, 0.1) is 7.11 Å². The van der Waals surface area contributed by atoms with Gasteiger partial charge in [0.25, 0.3) is 0 Å². The molecule has 0 aromatic heterocycles. The van der Waals surface area contributed by atoms with Crippen molar-refractivity contribution in [1.82, 2.24) is 10.2 Å². The molecule has 1 rings (SSSR count). The van der Waals surface area contributed by atoms with E-state index in [0.29, 0.717) is 19.4 Å². The van der Waals surface area contributed by atoms with Gasteiger partial charge in [0.2, 0.25) is 11.8 Å². The van der Waals surface area contributed by atoms with E-state index in [1.165, 1.54) is 0 Å². The highest BCUT2D eigenvalue weighted by Gasteiger charge is 2.26. The molecular formula is C16H24N2O3. The molecule has 5 heteroatoms. The van der Waals surface area contributed by atoms with Crippen LogP contribution in [-0.4, -0.2) is 36.9 Å². The summed E-state index contributed by atoms with van der Waals surface area (Å²) >= 11 is 0. The van der Waals surface area contributed by atoms with Crippen molar-refractivity contribution < 1.29 is 14.3 Å². The van der Waals surface area contributed by atoms with Gasteiger partial charge >= 0.3 is 0 Å². The second-order valence-electron chi connectivity index (χ2n) is 4.77. The van der Waals surface area contributed by atoms with Crippen LogP contribution in [0.4, 0.5) is 0 Å². The molecule has 5 nitrogen and oxygen atoms in total. The zero-order valence-electron chi connectivity index (χ0n) is 13.2. The first-order valence-electron chi connectivity index (χ1n) is 7.21. The van der Waals surface area contributed by atoms with Gasteiger partial charge in [-0.15, -0.1) is 0 Å². The van der Waals surface area contributed by atoms with E-state index in [9.17, 15) is 9.59 Å². The number of amides is 2. The van der Waals surface area contributed by atoms with Crippen molar-refractivity contribution in [3.8, 4) is 5.75 Å². The van der Waals surface area contributed by atoms with Gasteiger partial charge in [-0.1, -0.05) is 26.0 Å². The first-order chi connectivity index (χ1) is 10.1. The average molecular weight is 292 g/mol. The number of nitrogens with one attached hydrogen (secondary N) is 1. The fourth-order valence-corrected chi connectivity index (χ4v) is 2.26. The van der Waals surface area contributed by atoms with Crippen molar-refractivity contribution in [2.75, 3.05) is 14.2 Å². The lowest BCUT2D eigenvalue weighted by Gasteiger charge is -2.30. The molecular weight excluding hydrogens is 268 g/mol. The SMILES string of the molecule is CCC(=O)N(Cc1cccc(OC)c1)[C@H](CC)C(=O)NC. The molecule has 1 atom stereocenters. The lowest BCUT2D eigenvalue weighted by molar-refractivity contribution is -0.141. The number of hydrogen-bond donors (Lipinski definition) is 1. The molecule has 0 aliphatic heterocycles. The lowest BCUT2D eigenvalue weighted by atomic mass is 10.1. The van der Waals surface area contributed by atoms with Crippen molar-refractivity contribution in [2.24, 2.45) is 0 Å². The Morgan fingerprint density at radius 1 is 1.33 bits per heavy atom. The number of ether oxygens (including phenoxy) is 1. The van der Waals surface area contributed by atoms with E-state index in [4.69, 9.17) is 4.74 Å². The third-order valence-electron chi connectivity index (χ3n) is 3.42. The van der Waals surface area contributed by atoms with Crippen LogP contribution in [0.1, 0.15) is 32.3 Å². The predicted octanol–water partition coefficient (Wildman–Crippen LogP) is 1.96. The molecule has 0 aliphatic rings. The maximum Gasteiger partial charge on any atom is 0.242 e. The normalized spacial score (nSPS) is 11.6. The molecule has 0 fully saturated rings. The van der Waals surface area contributed by atoms with E-state index in [1.54, 1.807) is 26.0 Å². The Balaban J connectivity index is 3.01. The average Bonchev–Trinajstić information content (AvgIpc) is 2.53. The molecule has 0 spiro atoms. The highest BCUT2D eigenvalue weighted by molar-refractivity contribution is 5.87. The van der Waals surface area contributed by atoms with Crippen molar-refractivity contribution >= 4 is 11.8 Å². The summed E-state index contributed by atoms with van der Waals surface area (Å²) in [5, 5.41) is 2.63. The lowest BCUT2D eigenvalue weighted by Crippen LogP contribution is -2.48. The standard InChI is InChI=1S/C16H24N2O3/c1-5-14(16(20)17-3)18(15(19)6-2)11-12-8-7-9-13(10-12)21-4/h7-10,14H,5-6,11H2,1-4H3,(H,17,20)/t14-/m1/s1. The second kappa shape index (κ2) is 8.29. The van der Waals surface area contributed by atoms with Crippen molar-refractivity contribution in [3.63, 3.8) is 0 Å². The molecule has 1 aromatic carbocycles. The summed E-state index contributed by atoms with van der Waals surface area (Å²) in [4.78, 5) is 25.8. The van der Waals surface area contributed by atoms with Gasteiger partial charge < -0.3 is 15.0 Å². The smallest absolute Gasteiger partial charge is 0.242 e. The maximum atomic E-state index is 12.2. The van der Waals surface area contributed by atoms with E-state index in [1.807, 2.05) is 31.2 Å². The number of carbonyl (C=O) groups excluding carboxylic acids is 2. The van der Waals surface area contributed by atoms with Crippen LogP contribution in [0, 0.1) is 0 Å². The van der Waals surface area contributed by atoms with Crippen LogP contribution >= 0.6 is 0 Å². The van der Waals surface area contributed by atoms with Crippen LogP contribution < -0.4 is 10.1 Å². The van der Waals surface area contributed by atoms with E-state index in [-0.39, 0.29) is 11.8 Å². The molecule has 0 radical (unpaired) electrons. The fraction of sp³-hybridized carbons (Fsp3) is 0.500. The number of hydrogen-bond acceptors (Lipinski definition) is 3. The van der Waals surface area contributed by atoms with Crippen LogP contribution in [0.5, 0.6) is 5.75 Å². The van der Waals surface area contributed by atoms with E-state index < -0.39 is 6.04 Å². The second-order valence-corrected chi connectivity index (χ2v) is 4.77. The summed E-state index contributed by atoms with van der Waals surface area (Å²) < 4.78 is 5.20. The Morgan fingerprint density at radius 3 is 2.57 bits per heavy atom. The third-order valence-corrected chi connectivity index (χ3v) is 3.42. The summed E-state index contributed by atoms with van der Waals surface area (Å²) in [6, 6.07) is 7.09. The topological polar surface area (TPSA) is 58.6 Å². The molecule has 0 saturated heterocycles. The zero-order chi connectivity index (χ0) is 15.8. The van der Waals surface area contributed by atoms with Gasteiger partial charge in [0.15, 0.2) is 0 Å².